The summed E-state index contributed by atoms with van der Waals surface area (Å²) < 4.78 is 0. The van der Waals surface area contributed by atoms with Crippen LogP contribution < -0.4 is 5.32 Å². The van der Waals surface area contributed by atoms with Crippen molar-refractivity contribution in [3.05, 3.63) is 34.9 Å². The second-order valence-corrected chi connectivity index (χ2v) is 5.86. The number of nitrogens with one attached hydrogen (secondary N) is 1. The number of hydrogen-bond donors (Lipinski definition) is 2. The van der Waals surface area contributed by atoms with Crippen molar-refractivity contribution in [2.75, 3.05) is 13.1 Å². The molecular formula is C16H25NO2. The Morgan fingerprint density at radius 2 is 1.89 bits per heavy atom. The van der Waals surface area contributed by atoms with E-state index in [1.54, 1.807) is 13.8 Å². The molecule has 0 fully saturated rings. The number of aliphatic carboxylic acids is 1. The van der Waals surface area contributed by atoms with E-state index >= 15 is 0 Å². The topological polar surface area (TPSA) is 49.3 Å². The number of carbonyl (C=O) groups is 1. The molecule has 0 bridgehead atoms. The van der Waals surface area contributed by atoms with E-state index in [-0.39, 0.29) is 0 Å². The highest BCUT2D eigenvalue weighted by Gasteiger charge is 2.25. The predicted molar refractivity (Wildman–Crippen MR) is 78.5 cm³/mol. The van der Waals surface area contributed by atoms with Gasteiger partial charge in [0.25, 0.3) is 0 Å². The van der Waals surface area contributed by atoms with Crippen LogP contribution in [0.3, 0.4) is 0 Å². The van der Waals surface area contributed by atoms with Gasteiger partial charge in [-0.1, -0.05) is 18.2 Å². The minimum atomic E-state index is -0.733. The summed E-state index contributed by atoms with van der Waals surface area (Å²) in [6, 6.07) is 6.53. The fourth-order valence-corrected chi connectivity index (χ4v) is 1.82. The van der Waals surface area contributed by atoms with Crippen LogP contribution in [0.5, 0.6) is 0 Å². The summed E-state index contributed by atoms with van der Waals surface area (Å²) in [6.45, 7) is 9.40. The molecule has 0 saturated heterocycles. The standard InChI is InChI=1S/C16H25NO2/c1-12-5-6-14(11-13(12)2)7-9-17-10-8-16(3,4)15(18)19/h5-6,11,17H,7-10H2,1-4H3,(H,18,19). The van der Waals surface area contributed by atoms with Crippen LogP contribution in [-0.2, 0) is 11.2 Å². The van der Waals surface area contributed by atoms with Crippen LogP contribution in [0.15, 0.2) is 18.2 Å². The van der Waals surface area contributed by atoms with Crippen LogP contribution in [0.2, 0.25) is 0 Å². The minimum absolute atomic E-state index is 0.645. The van der Waals surface area contributed by atoms with E-state index in [9.17, 15) is 4.79 Å². The van der Waals surface area contributed by atoms with Crippen molar-refractivity contribution in [3.63, 3.8) is 0 Å². The molecule has 0 heterocycles. The van der Waals surface area contributed by atoms with E-state index in [1.807, 2.05) is 0 Å². The van der Waals surface area contributed by atoms with E-state index in [0.29, 0.717) is 6.42 Å². The maximum absolute atomic E-state index is 10.9. The summed E-state index contributed by atoms with van der Waals surface area (Å²) in [7, 11) is 0. The monoisotopic (exact) mass is 263 g/mol. The maximum atomic E-state index is 10.9. The van der Waals surface area contributed by atoms with E-state index in [1.165, 1.54) is 16.7 Å². The van der Waals surface area contributed by atoms with Crippen LogP contribution in [-0.4, -0.2) is 24.2 Å². The van der Waals surface area contributed by atoms with Gasteiger partial charge in [-0.2, -0.15) is 0 Å². The third kappa shape index (κ3) is 5.03. The molecule has 1 aromatic rings. The highest BCUT2D eigenvalue weighted by atomic mass is 16.4. The molecule has 0 atom stereocenters. The predicted octanol–water partition coefficient (Wildman–Crippen LogP) is 2.94. The van der Waals surface area contributed by atoms with Gasteiger partial charge in [-0.25, -0.2) is 0 Å². The molecule has 0 saturated carbocycles. The number of rotatable bonds is 7. The SMILES string of the molecule is Cc1ccc(CCNCCC(C)(C)C(=O)O)cc1C. The maximum Gasteiger partial charge on any atom is 0.309 e. The Kier molecular flexibility index (Phi) is 5.55. The van der Waals surface area contributed by atoms with Gasteiger partial charge in [0, 0.05) is 0 Å². The molecule has 0 aliphatic carbocycles. The fraction of sp³-hybridized carbons (Fsp3) is 0.562. The molecule has 2 N–H and O–H groups in total. The molecule has 0 amide bonds. The Labute approximate surface area is 116 Å². The van der Waals surface area contributed by atoms with Gasteiger partial charge in [-0.15, -0.1) is 0 Å². The zero-order valence-electron chi connectivity index (χ0n) is 12.4. The number of aryl methyl sites for hydroxylation is 2. The van der Waals surface area contributed by atoms with E-state index in [0.717, 1.165) is 19.5 Å². The molecule has 0 aliphatic heterocycles. The third-order valence-electron chi connectivity index (χ3n) is 3.67. The van der Waals surface area contributed by atoms with Gasteiger partial charge in [0.15, 0.2) is 0 Å². The van der Waals surface area contributed by atoms with Crippen molar-refractivity contribution in [3.8, 4) is 0 Å². The Hall–Kier alpha value is -1.35. The van der Waals surface area contributed by atoms with E-state index < -0.39 is 11.4 Å². The average molecular weight is 263 g/mol. The molecule has 106 valence electrons. The molecule has 0 spiro atoms. The molecule has 3 nitrogen and oxygen atoms in total. The highest BCUT2D eigenvalue weighted by molar-refractivity contribution is 5.73. The fourth-order valence-electron chi connectivity index (χ4n) is 1.82. The van der Waals surface area contributed by atoms with Gasteiger partial charge in [0.05, 0.1) is 5.41 Å². The summed E-state index contributed by atoms with van der Waals surface area (Å²) in [6.07, 6.45) is 1.63. The zero-order chi connectivity index (χ0) is 14.5. The van der Waals surface area contributed by atoms with E-state index in [2.05, 4.69) is 37.4 Å². The van der Waals surface area contributed by atoms with E-state index in [4.69, 9.17) is 5.11 Å². The van der Waals surface area contributed by atoms with Gasteiger partial charge >= 0.3 is 5.97 Å². The Morgan fingerprint density at radius 1 is 1.21 bits per heavy atom. The number of carboxylic acid groups (broad SMARTS) is 1. The number of carboxylic acids is 1. The molecule has 0 unspecified atom stereocenters. The normalized spacial score (nSPS) is 11.6. The van der Waals surface area contributed by atoms with Gasteiger partial charge in [-0.3, -0.25) is 4.79 Å². The molecule has 0 aromatic heterocycles. The number of benzene rings is 1. The van der Waals surface area contributed by atoms with Crippen molar-refractivity contribution in [1.29, 1.82) is 0 Å². The highest BCUT2D eigenvalue weighted by Crippen LogP contribution is 2.19. The van der Waals surface area contributed by atoms with Crippen LogP contribution in [0, 0.1) is 19.3 Å². The van der Waals surface area contributed by atoms with Crippen LogP contribution in [0.25, 0.3) is 0 Å². The smallest absolute Gasteiger partial charge is 0.309 e. The lowest BCUT2D eigenvalue weighted by Gasteiger charge is -2.18. The Bertz CT molecular complexity index is 438. The Morgan fingerprint density at radius 3 is 2.47 bits per heavy atom. The summed E-state index contributed by atoms with van der Waals surface area (Å²) in [4.78, 5) is 10.9. The summed E-state index contributed by atoms with van der Waals surface area (Å²) in [5.74, 6) is -0.733. The third-order valence-corrected chi connectivity index (χ3v) is 3.67. The summed E-state index contributed by atoms with van der Waals surface area (Å²) in [5, 5.41) is 12.3. The molecule has 1 aromatic carbocycles. The largest absolute Gasteiger partial charge is 0.481 e. The van der Waals surface area contributed by atoms with Crippen LogP contribution in [0.4, 0.5) is 0 Å². The Balaban J connectivity index is 2.28. The first kappa shape index (κ1) is 15.7. The zero-order valence-corrected chi connectivity index (χ0v) is 12.4. The first-order valence-corrected chi connectivity index (χ1v) is 6.83. The average Bonchev–Trinajstić information content (AvgIpc) is 2.33. The lowest BCUT2D eigenvalue weighted by atomic mass is 9.90. The number of hydrogen-bond acceptors (Lipinski definition) is 2. The molecule has 0 radical (unpaired) electrons. The van der Waals surface area contributed by atoms with Crippen molar-refractivity contribution in [2.45, 2.75) is 40.5 Å². The van der Waals surface area contributed by atoms with Crippen molar-refractivity contribution in [2.24, 2.45) is 5.41 Å². The summed E-state index contributed by atoms with van der Waals surface area (Å²) in [5.41, 5.74) is 3.32. The van der Waals surface area contributed by atoms with Gasteiger partial charge in [-0.05, 0) is 70.3 Å². The molecule has 19 heavy (non-hydrogen) atoms. The first-order valence-electron chi connectivity index (χ1n) is 6.83. The minimum Gasteiger partial charge on any atom is -0.481 e. The molecule has 1 rings (SSSR count). The van der Waals surface area contributed by atoms with Crippen LogP contribution in [0.1, 0.15) is 37.0 Å². The van der Waals surface area contributed by atoms with Crippen molar-refractivity contribution in [1.82, 2.24) is 5.32 Å². The van der Waals surface area contributed by atoms with Gasteiger partial charge in [0.2, 0.25) is 0 Å². The lowest BCUT2D eigenvalue weighted by Crippen LogP contribution is -2.29. The molecule has 0 aliphatic rings. The van der Waals surface area contributed by atoms with Crippen LogP contribution >= 0.6 is 0 Å². The molecule has 3 heteroatoms. The van der Waals surface area contributed by atoms with Gasteiger partial charge in [0.1, 0.15) is 0 Å². The van der Waals surface area contributed by atoms with Crippen molar-refractivity contribution < 1.29 is 9.90 Å². The second kappa shape index (κ2) is 6.71. The second-order valence-electron chi connectivity index (χ2n) is 5.86. The lowest BCUT2D eigenvalue weighted by molar-refractivity contribution is -0.147. The molecular weight excluding hydrogens is 238 g/mol. The van der Waals surface area contributed by atoms with Gasteiger partial charge < -0.3 is 10.4 Å². The summed E-state index contributed by atoms with van der Waals surface area (Å²) >= 11 is 0. The first-order chi connectivity index (χ1) is 8.83. The van der Waals surface area contributed by atoms with Crippen molar-refractivity contribution >= 4 is 5.97 Å². The quantitative estimate of drug-likeness (QED) is 0.744.